The van der Waals surface area contributed by atoms with Gasteiger partial charge in [-0.3, -0.25) is 4.99 Å². The molecule has 1 saturated heterocycles. The molecule has 0 amide bonds. The Morgan fingerprint density at radius 3 is 3.10 bits per heavy atom. The Balaban J connectivity index is 1.67. The summed E-state index contributed by atoms with van der Waals surface area (Å²) in [5.41, 5.74) is 0.477. The van der Waals surface area contributed by atoms with Crippen LogP contribution in [0, 0.1) is 17.6 Å². The molecule has 5 heteroatoms. The average Bonchev–Trinajstić information content (AvgIpc) is 2.82. The summed E-state index contributed by atoms with van der Waals surface area (Å²) >= 11 is 1.70. The van der Waals surface area contributed by atoms with Crippen LogP contribution in [0.15, 0.2) is 23.2 Å². The number of hydrogen-bond acceptors (Lipinski definition) is 2. The second-order valence-corrected chi connectivity index (χ2v) is 7.22. The molecule has 0 bridgehead atoms. The van der Waals surface area contributed by atoms with Gasteiger partial charge in [0.15, 0.2) is 5.17 Å². The van der Waals surface area contributed by atoms with Crippen molar-refractivity contribution >= 4 is 16.9 Å². The molecular weight excluding hydrogens is 290 g/mol. The summed E-state index contributed by atoms with van der Waals surface area (Å²) in [6.07, 6.45) is 4.90. The first kappa shape index (κ1) is 14.8. The molecule has 1 aromatic carbocycles. The van der Waals surface area contributed by atoms with Gasteiger partial charge in [0.05, 0.1) is 6.54 Å². The summed E-state index contributed by atoms with van der Waals surface area (Å²) in [5.74, 6) is 0.953. The van der Waals surface area contributed by atoms with Crippen molar-refractivity contribution in [1.82, 2.24) is 5.32 Å². The van der Waals surface area contributed by atoms with Gasteiger partial charge in [0.25, 0.3) is 0 Å². The lowest BCUT2D eigenvalue weighted by atomic mass is 9.78. The lowest BCUT2D eigenvalue weighted by Gasteiger charge is -2.36. The van der Waals surface area contributed by atoms with Crippen LogP contribution in [0.3, 0.4) is 0 Å². The van der Waals surface area contributed by atoms with Crippen LogP contribution in [0.2, 0.25) is 0 Å². The summed E-state index contributed by atoms with van der Waals surface area (Å²) in [7, 11) is 0. The molecule has 2 aliphatic rings. The van der Waals surface area contributed by atoms with Gasteiger partial charge in [0, 0.05) is 16.9 Å². The van der Waals surface area contributed by atoms with Gasteiger partial charge in [-0.1, -0.05) is 31.5 Å². The van der Waals surface area contributed by atoms with E-state index in [2.05, 4.69) is 17.2 Å². The molecule has 21 heavy (non-hydrogen) atoms. The highest BCUT2D eigenvalue weighted by Gasteiger charge is 2.40. The van der Waals surface area contributed by atoms with Gasteiger partial charge in [-0.15, -0.1) is 0 Å². The zero-order valence-electron chi connectivity index (χ0n) is 12.2. The third kappa shape index (κ3) is 3.39. The minimum absolute atomic E-state index is 0.168. The maximum atomic E-state index is 13.6. The third-order valence-electron chi connectivity index (χ3n) is 4.35. The van der Waals surface area contributed by atoms with Gasteiger partial charge in [0.2, 0.25) is 0 Å². The van der Waals surface area contributed by atoms with Crippen molar-refractivity contribution in [2.45, 2.75) is 44.7 Å². The Kier molecular flexibility index (Phi) is 4.20. The summed E-state index contributed by atoms with van der Waals surface area (Å²) in [5, 5.41) is 4.41. The standard InChI is InChI=1S/C16H20F2N2S/c1-11-3-2-6-16(8-11)10-21-15(20-16)19-9-12-7-13(17)4-5-14(12)18/h4-5,7,11H,2-3,6,8-10H2,1H3,(H,19,20). The fourth-order valence-corrected chi connectivity index (χ4v) is 4.51. The molecule has 2 nitrogen and oxygen atoms in total. The van der Waals surface area contributed by atoms with E-state index >= 15 is 0 Å². The zero-order valence-corrected chi connectivity index (χ0v) is 13.0. The quantitative estimate of drug-likeness (QED) is 0.889. The first-order valence-electron chi connectivity index (χ1n) is 7.46. The first-order chi connectivity index (χ1) is 10.1. The minimum atomic E-state index is -0.420. The fourth-order valence-electron chi connectivity index (χ4n) is 3.32. The topological polar surface area (TPSA) is 24.4 Å². The smallest absolute Gasteiger partial charge is 0.157 e. The van der Waals surface area contributed by atoms with Crippen LogP contribution in [0.4, 0.5) is 8.78 Å². The predicted molar refractivity (Wildman–Crippen MR) is 83.5 cm³/mol. The molecule has 1 aromatic rings. The summed E-state index contributed by atoms with van der Waals surface area (Å²) in [6, 6.07) is 3.51. The first-order valence-corrected chi connectivity index (χ1v) is 8.44. The molecule has 1 spiro atoms. The second-order valence-electron chi connectivity index (χ2n) is 6.25. The summed E-state index contributed by atoms with van der Waals surface area (Å²) in [6.45, 7) is 2.48. The third-order valence-corrected chi connectivity index (χ3v) is 5.55. The number of nitrogens with one attached hydrogen (secondary N) is 1. The zero-order chi connectivity index (χ0) is 14.9. The van der Waals surface area contributed by atoms with E-state index in [-0.39, 0.29) is 12.1 Å². The van der Waals surface area contributed by atoms with Crippen molar-refractivity contribution < 1.29 is 8.78 Å². The molecule has 1 N–H and O–H groups in total. The number of rotatable bonds is 2. The van der Waals surface area contributed by atoms with E-state index in [0.29, 0.717) is 5.56 Å². The molecule has 1 heterocycles. The van der Waals surface area contributed by atoms with Crippen LogP contribution in [0.25, 0.3) is 0 Å². The van der Waals surface area contributed by atoms with Crippen LogP contribution in [-0.2, 0) is 6.54 Å². The fraction of sp³-hybridized carbons (Fsp3) is 0.562. The molecular formula is C16H20F2N2S. The number of hydrogen-bond donors (Lipinski definition) is 1. The number of halogens is 2. The average molecular weight is 310 g/mol. The predicted octanol–water partition coefficient (Wildman–Crippen LogP) is 4.11. The summed E-state index contributed by atoms with van der Waals surface area (Å²) in [4.78, 5) is 4.43. The Morgan fingerprint density at radius 2 is 2.29 bits per heavy atom. The molecule has 3 rings (SSSR count). The van der Waals surface area contributed by atoms with E-state index in [1.807, 2.05) is 0 Å². The lowest BCUT2D eigenvalue weighted by Crippen LogP contribution is -2.47. The maximum Gasteiger partial charge on any atom is 0.157 e. The van der Waals surface area contributed by atoms with Crippen LogP contribution in [-0.4, -0.2) is 16.5 Å². The van der Waals surface area contributed by atoms with Crippen LogP contribution in [0.5, 0.6) is 0 Å². The molecule has 0 aromatic heterocycles. The van der Waals surface area contributed by atoms with E-state index in [1.165, 1.54) is 31.7 Å². The van der Waals surface area contributed by atoms with Crippen LogP contribution >= 0.6 is 11.8 Å². The molecule has 1 saturated carbocycles. The molecule has 2 unspecified atom stereocenters. The maximum absolute atomic E-state index is 13.6. The van der Waals surface area contributed by atoms with Crippen LogP contribution in [0.1, 0.15) is 38.2 Å². The van der Waals surface area contributed by atoms with Gasteiger partial charge in [-0.2, -0.15) is 0 Å². The van der Waals surface area contributed by atoms with Gasteiger partial charge < -0.3 is 5.32 Å². The van der Waals surface area contributed by atoms with E-state index in [4.69, 9.17) is 0 Å². The van der Waals surface area contributed by atoms with Gasteiger partial charge >= 0.3 is 0 Å². The van der Waals surface area contributed by atoms with Crippen molar-refractivity contribution in [1.29, 1.82) is 0 Å². The largest absolute Gasteiger partial charge is 0.359 e. The molecule has 1 aliphatic heterocycles. The summed E-state index contributed by atoms with van der Waals surface area (Å²) < 4.78 is 26.7. The highest BCUT2D eigenvalue weighted by Crippen LogP contribution is 2.38. The Bertz CT molecular complexity index is 561. The highest BCUT2D eigenvalue weighted by atomic mass is 32.2. The van der Waals surface area contributed by atoms with Crippen molar-refractivity contribution in [3.63, 3.8) is 0 Å². The van der Waals surface area contributed by atoms with Gasteiger partial charge in [-0.25, -0.2) is 8.78 Å². The number of aliphatic imine (C=N–C) groups is 1. The Morgan fingerprint density at radius 1 is 1.43 bits per heavy atom. The van der Waals surface area contributed by atoms with Crippen molar-refractivity contribution in [3.8, 4) is 0 Å². The van der Waals surface area contributed by atoms with Crippen molar-refractivity contribution in [2.75, 3.05) is 5.75 Å². The van der Waals surface area contributed by atoms with Crippen molar-refractivity contribution in [2.24, 2.45) is 10.9 Å². The van der Waals surface area contributed by atoms with Gasteiger partial charge in [0.1, 0.15) is 11.6 Å². The monoisotopic (exact) mass is 310 g/mol. The molecule has 2 fully saturated rings. The highest BCUT2D eigenvalue weighted by molar-refractivity contribution is 8.14. The molecule has 114 valence electrons. The number of benzene rings is 1. The van der Waals surface area contributed by atoms with Crippen LogP contribution < -0.4 is 5.32 Å². The van der Waals surface area contributed by atoms with Crippen molar-refractivity contribution in [3.05, 3.63) is 35.4 Å². The van der Waals surface area contributed by atoms with E-state index < -0.39 is 11.6 Å². The number of nitrogens with zero attached hydrogens (tertiary/aromatic N) is 1. The Hall–Kier alpha value is -1.10. The second kappa shape index (κ2) is 5.95. The van der Waals surface area contributed by atoms with E-state index in [1.54, 1.807) is 11.8 Å². The minimum Gasteiger partial charge on any atom is -0.359 e. The Labute approximate surface area is 128 Å². The molecule has 0 radical (unpaired) electrons. The number of amidine groups is 1. The van der Waals surface area contributed by atoms with E-state index in [9.17, 15) is 8.78 Å². The number of thioether (sulfide) groups is 1. The van der Waals surface area contributed by atoms with E-state index in [0.717, 1.165) is 29.0 Å². The molecule has 1 aliphatic carbocycles. The normalized spacial score (nSPS) is 30.8. The SMILES string of the molecule is CC1CCCC2(CSC(=NCc3cc(F)ccc3F)N2)C1. The lowest BCUT2D eigenvalue weighted by molar-refractivity contribution is 0.242. The molecule has 2 atom stereocenters. The van der Waals surface area contributed by atoms with Gasteiger partial charge in [-0.05, 0) is 37.0 Å².